The van der Waals surface area contributed by atoms with E-state index < -0.39 is 10.0 Å². The van der Waals surface area contributed by atoms with Crippen LogP contribution in [0.5, 0.6) is 0 Å². The molecule has 2 aromatic carbocycles. The lowest BCUT2D eigenvalue weighted by molar-refractivity contribution is 0.101. The Morgan fingerprint density at radius 1 is 1.10 bits per heavy atom. The zero-order chi connectivity index (χ0) is 15.6. The summed E-state index contributed by atoms with van der Waals surface area (Å²) in [6.45, 7) is 3.29. The number of aryl methyl sites for hydroxylation is 1. The monoisotopic (exact) mass is 323 g/mol. The first kappa shape index (κ1) is 15.5. The third-order valence-corrected chi connectivity index (χ3v) is 4.63. The topological polar surface area (TPSA) is 63.2 Å². The van der Waals surface area contributed by atoms with Crippen molar-refractivity contribution in [1.29, 1.82) is 0 Å². The fraction of sp³-hybridized carbons (Fsp3) is 0.133. The van der Waals surface area contributed by atoms with E-state index in [9.17, 15) is 13.2 Å². The molecule has 0 amide bonds. The second kappa shape index (κ2) is 5.87. The molecule has 6 heteroatoms. The van der Waals surface area contributed by atoms with Crippen LogP contribution in [-0.4, -0.2) is 14.2 Å². The van der Waals surface area contributed by atoms with E-state index in [4.69, 9.17) is 11.6 Å². The van der Waals surface area contributed by atoms with E-state index in [1.54, 1.807) is 18.2 Å². The summed E-state index contributed by atoms with van der Waals surface area (Å²) in [7, 11) is -3.74. The van der Waals surface area contributed by atoms with Gasteiger partial charge in [-0.1, -0.05) is 29.8 Å². The average Bonchev–Trinajstić information content (AvgIpc) is 2.42. The van der Waals surface area contributed by atoms with E-state index in [1.165, 1.54) is 31.2 Å². The molecule has 21 heavy (non-hydrogen) atoms. The highest BCUT2D eigenvalue weighted by Crippen LogP contribution is 2.25. The first-order valence-electron chi connectivity index (χ1n) is 6.19. The minimum Gasteiger partial charge on any atom is -0.295 e. The van der Waals surface area contributed by atoms with Gasteiger partial charge in [0, 0.05) is 5.56 Å². The highest BCUT2D eigenvalue weighted by Gasteiger charge is 2.16. The average molecular weight is 324 g/mol. The molecule has 0 aliphatic carbocycles. The predicted molar refractivity (Wildman–Crippen MR) is 83.4 cm³/mol. The lowest BCUT2D eigenvalue weighted by Gasteiger charge is -2.10. The summed E-state index contributed by atoms with van der Waals surface area (Å²) in [5, 5.41) is 0.332. The Bertz CT molecular complexity index is 783. The fourth-order valence-electron chi connectivity index (χ4n) is 1.78. The van der Waals surface area contributed by atoms with Crippen molar-refractivity contribution in [2.75, 3.05) is 4.72 Å². The predicted octanol–water partition coefficient (Wildman–Crippen LogP) is 3.65. The van der Waals surface area contributed by atoms with Gasteiger partial charge in [0.05, 0.1) is 15.6 Å². The zero-order valence-corrected chi connectivity index (χ0v) is 13.1. The molecule has 0 saturated heterocycles. The van der Waals surface area contributed by atoms with Crippen LogP contribution >= 0.6 is 11.6 Å². The van der Waals surface area contributed by atoms with Gasteiger partial charge in [-0.3, -0.25) is 9.52 Å². The molecule has 0 spiro atoms. The quantitative estimate of drug-likeness (QED) is 0.873. The van der Waals surface area contributed by atoms with Crippen LogP contribution < -0.4 is 4.72 Å². The highest BCUT2D eigenvalue weighted by atomic mass is 35.5. The van der Waals surface area contributed by atoms with Crippen LogP contribution in [0.2, 0.25) is 5.02 Å². The smallest absolute Gasteiger partial charge is 0.261 e. The SMILES string of the molecule is CC(=O)c1ccc(S(=O)(=O)Nc2ccc(C)cc2Cl)cc1. The van der Waals surface area contributed by atoms with Gasteiger partial charge in [-0.25, -0.2) is 8.42 Å². The van der Waals surface area contributed by atoms with Crippen LogP contribution in [0.4, 0.5) is 5.69 Å². The van der Waals surface area contributed by atoms with Crippen molar-refractivity contribution in [3.63, 3.8) is 0 Å². The van der Waals surface area contributed by atoms with E-state index >= 15 is 0 Å². The number of ketones is 1. The molecule has 110 valence electrons. The lowest BCUT2D eigenvalue weighted by Crippen LogP contribution is -2.13. The van der Waals surface area contributed by atoms with E-state index in [2.05, 4.69) is 4.72 Å². The summed E-state index contributed by atoms with van der Waals surface area (Å²) in [4.78, 5) is 11.3. The summed E-state index contributed by atoms with van der Waals surface area (Å²) in [6.07, 6.45) is 0. The number of hydrogen-bond donors (Lipinski definition) is 1. The molecule has 0 aliphatic rings. The Kier molecular flexibility index (Phi) is 4.34. The van der Waals surface area contributed by atoms with E-state index in [0.717, 1.165) is 5.56 Å². The Morgan fingerprint density at radius 2 is 1.71 bits per heavy atom. The Hall–Kier alpha value is -1.85. The van der Waals surface area contributed by atoms with Crippen molar-refractivity contribution in [2.24, 2.45) is 0 Å². The summed E-state index contributed by atoms with van der Waals surface area (Å²) >= 11 is 6.02. The normalized spacial score (nSPS) is 11.2. The van der Waals surface area contributed by atoms with Gasteiger partial charge < -0.3 is 0 Å². The van der Waals surface area contributed by atoms with Crippen molar-refractivity contribution < 1.29 is 13.2 Å². The van der Waals surface area contributed by atoms with Crippen LogP contribution in [-0.2, 0) is 10.0 Å². The number of carbonyl (C=O) groups is 1. The molecule has 0 atom stereocenters. The minimum atomic E-state index is -3.74. The van der Waals surface area contributed by atoms with Crippen LogP contribution in [0.25, 0.3) is 0 Å². The third kappa shape index (κ3) is 3.62. The van der Waals surface area contributed by atoms with Crippen LogP contribution in [0.15, 0.2) is 47.4 Å². The largest absolute Gasteiger partial charge is 0.295 e. The third-order valence-electron chi connectivity index (χ3n) is 2.94. The maximum atomic E-state index is 12.3. The molecule has 0 saturated carbocycles. The summed E-state index contributed by atoms with van der Waals surface area (Å²) in [5.41, 5.74) is 1.72. The maximum absolute atomic E-state index is 12.3. The summed E-state index contributed by atoms with van der Waals surface area (Å²) in [6, 6.07) is 10.8. The van der Waals surface area contributed by atoms with Gasteiger partial charge in [0.2, 0.25) is 0 Å². The van der Waals surface area contributed by atoms with Gasteiger partial charge in [-0.15, -0.1) is 0 Å². The lowest BCUT2D eigenvalue weighted by atomic mass is 10.2. The molecule has 0 unspecified atom stereocenters. The zero-order valence-electron chi connectivity index (χ0n) is 11.6. The van der Waals surface area contributed by atoms with E-state index in [-0.39, 0.29) is 10.7 Å². The summed E-state index contributed by atoms with van der Waals surface area (Å²) < 4.78 is 27.0. The van der Waals surface area contributed by atoms with Crippen LogP contribution in [0, 0.1) is 6.92 Å². The molecular weight excluding hydrogens is 310 g/mol. The first-order chi connectivity index (χ1) is 9.79. The van der Waals surface area contributed by atoms with Crippen molar-refractivity contribution in [3.05, 3.63) is 58.6 Å². The molecule has 0 aromatic heterocycles. The van der Waals surface area contributed by atoms with Gasteiger partial charge in [0.15, 0.2) is 5.78 Å². The molecule has 0 heterocycles. The number of benzene rings is 2. The molecule has 0 aliphatic heterocycles. The van der Waals surface area contributed by atoms with Gasteiger partial charge in [0.25, 0.3) is 10.0 Å². The van der Waals surface area contributed by atoms with Crippen molar-refractivity contribution in [3.8, 4) is 0 Å². The molecule has 0 radical (unpaired) electrons. The summed E-state index contributed by atoms with van der Waals surface area (Å²) in [5.74, 6) is -0.117. The van der Waals surface area contributed by atoms with Crippen LogP contribution in [0.3, 0.4) is 0 Å². The number of halogens is 1. The Balaban J connectivity index is 2.31. The fourth-order valence-corrected chi connectivity index (χ4v) is 3.19. The van der Waals surface area contributed by atoms with Gasteiger partial charge in [-0.2, -0.15) is 0 Å². The second-order valence-electron chi connectivity index (χ2n) is 4.67. The number of hydrogen-bond acceptors (Lipinski definition) is 3. The van der Waals surface area contributed by atoms with Crippen LogP contribution in [0.1, 0.15) is 22.8 Å². The molecular formula is C15H14ClNO3S. The molecule has 0 fully saturated rings. The highest BCUT2D eigenvalue weighted by molar-refractivity contribution is 7.92. The Labute approximate surface area is 128 Å². The number of carbonyl (C=O) groups excluding carboxylic acids is 1. The van der Waals surface area contributed by atoms with Gasteiger partial charge in [0.1, 0.15) is 0 Å². The second-order valence-corrected chi connectivity index (χ2v) is 6.76. The number of Topliss-reactive ketones (excluding diaryl/α,β-unsaturated/α-hetero) is 1. The molecule has 0 bridgehead atoms. The Morgan fingerprint density at radius 3 is 2.24 bits per heavy atom. The molecule has 2 aromatic rings. The van der Waals surface area contributed by atoms with Gasteiger partial charge in [-0.05, 0) is 43.7 Å². The number of sulfonamides is 1. The minimum absolute atomic E-state index is 0.0733. The van der Waals surface area contributed by atoms with Crippen molar-refractivity contribution in [1.82, 2.24) is 0 Å². The van der Waals surface area contributed by atoms with Crippen molar-refractivity contribution >= 4 is 33.1 Å². The molecule has 4 nitrogen and oxygen atoms in total. The number of anilines is 1. The van der Waals surface area contributed by atoms with E-state index in [1.807, 2.05) is 6.92 Å². The molecule has 2 rings (SSSR count). The van der Waals surface area contributed by atoms with Crippen molar-refractivity contribution in [2.45, 2.75) is 18.7 Å². The van der Waals surface area contributed by atoms with E-state index in [0.29, 0.717) is 16.3 Å². The number of nitrogens with one attached hydrogen (secondary N) is 1. The van der Waals surface area contributed by atoms with Gasteiger partial charge >= 0.3 is 0 Å². The number of rotatable bonds is 4. The maximum Gasteiger partial charge on any atom is 0.261 e. The first-order valence-corrected chi connectivity index (χ1v) is 8.06. The molecule has 1 N–H and O–H groups in total. The standard InChI is InChI=1S/C15H14ClNO3S/c1-10-3-8-15(14(16)9-10)17-21(19,20)13-6-4-12(5-7-13)11(2)18/h3-9,17H,1-2H3.